The van der Waals surface area contributed by atoms with E-state index in [0.717, 1.165) is 22.6 Å². The van der Waals surface area contributed by atoms with Gasteiger partial charge < -0.3 is 5.32 Å². The van der Waals surface area contributed by atoms with Gasteiger partial charge in [0.25, 0.3) is 0 Å². The van der Waals surface area contributed by atoms with Crippen molar-refractivity contribution >= 4 is 23.5 Å². The van der Waals surface area contributed by atoms with Gasteiger partial charge in [0.15, 0.2) is 0 Å². The fourth-order valence-electron chi connectivity index (χ4n) is 2.82. The first-order valence-corrected chi connectivity index (χ1v) is 8.55. The lowest BCUT2D eigenvalue weighted by Crippen LogP contribution is -2.47. The van der Waals surface area contributed by atoms with Crippen molar-refractivity contribution in [2.45, 2.75) is 61.6 Å². The average molecular weight is 245 g/mol. The van der Waals surface area contributed by atoms with Crippen LogP contribution in [-0.2, 0) is 0 Å². The van der Waals surface area contributed by atoms with Crippen molar-refractivity contribution in [3.05, 3.63) is 0 Å². The smallest absolute Gasteiger partial charge is 0.0198 e. The van der Waals surface area contributed by atoms with Gasteiger partial charge in [0.05, 0.1) is 0 Å². The molecule has 3 heteroatoms. The molecule has 0 spiro atoms. The fourth-order valence-corrected chi connectivity index (χ4v) is 4.91. The zero-order chi connectivity index (χ0) is 10.7. The molecule has 88 valence electrons. The Hall–Kier alpha value is 0.660. The summed E-state index contributed by atoms with van der Waals surface area (Å²) in [6.45, 7) is 2.39. The van der Waals surface area contributed by atoms with Gasteiger partial charge in [0, 0.05) is 22.6 Å². The molecule has 0 aromatic rings. The van der Waals surface area contributed by atoms with E-state index in [-0.39, 0.29) is 0 Å². The van der Waals surface area contributed by atoms with Crippen LogP contribution in [0.5, 0.6) is 0 Å². The van der Waals surface area contributed by atoms with Gasteiger partial charge >= 0.3 is 0 Å². The summed E-state index contributed by atoms with van der Waals surface area (Å²) >= 11 is 4.21. The van der Waals surface area contributed by atoms with E-state index < -0.39 is 0 Å². The molecule has 1 N–H and O–H groups in total. The van der Waals surface area contributed by atoms with Crippen LogP contribution in [0.3, 0.4) is 0 Å². The maximum atomic E-state index is 3.93. The molecule has 0 amide bonds. The maximum Gasteiger partial charge on any atom is 0.0198 e. The highest BCUT2D eigenvalue weighted by atomic mass is 32.2. The average Bonchev–Trinajstić information content (AvgIpc) is 2.69. The van der Waals surface area contributed by atoms with Gasteiger partial charge in [-0.3, -0.25) is 0 Å². The zero-order valence-corrected chi connectivity index (χ0v) is 11.5. The maximum absolute atomic E-state index is 3.93. The molecule has 1 heterocycles. The van der Waals surface area contributed by atoms with E-state index in [0.29, 0.717) is 0 Å². The Bertz CT molecular complexity index is 198. The van der Waals surface area contributed by atoms with Crippen LogP contribution < -0.4 is 5.32 Å². The molecule has 2 aliphatic rings. The molecule has 15 heavy (non-hydrogen) atoms. The number of nitrogens with one attached hydrogen (secondary N) is 1. The Labute approximate surface area is 103 Å². The Morgan fingerprint density at radius 1 is 1.13 bits per heavy atom. The summed E-state index contributed by atoms with van der Waals surface area (Å²) in [5.74, 6) is 1.37. The van der Waals surface area contributed by atoms with Gasteiger partial charge in [-0.1, -0.05) is 13.3 Å². The quantitative estimate of drug-likeness (QED) is 0.820. The molecule has 1 saturated carbocycles. The molecule has 1 saturated heterocycles. The fraction of sp³-hybridized carbons (Fsp3) is 1.00. The lowest BCUT2D eigenvalue weighted by molar-refractivity contribution is 0.403. The van der Waals surface area contributed by atoms with Crippen LogP contribution in [0.1, 0.15) is 39.0 Å². The third kappa shape index (κ3) is 3.07. The van der Waals surface area contributed by atoms with Gasteiger partial charge in [-0.25, -0.2) is 0 Å². The molecule has 4 atom stereocenters. The van der Waals surface area contributed by atoms with Gasteiger partial charge in [-0.2, -0.15) is 23.5 Å². The molecule has 4 unspecified atom stereocenters. The molecular formula is C12H23NS2. The molecule has 2 rings (SSSR count). The minimum Gasteiger partial charge on any atom is -0.309 e. The second kappa shape index (κ2) is 5.83. The summed E-state index contributed by atoms with van der Waals surface area (Å²) in [6.07, 6.45) is 9.32. The Morgan fingerprint density at radius 3 is 2.67 bits per heavy atom. The minimum absolute atomic E-state index is 0.779. The van der Waals surface area contributed by atoms with Gasteiger partial charge in [0.2, 0.25) is 0 Å². The van der Waals surface area contributed by atoms with E-state index >= 15 is 0 Å². The van der Waals surface area contributed by atoms with Crippen molar-refractivity contribution in [2.24, 2.45) is 0 Å². The SMILES string of the molecule is CSC1CCCC1NC1CCCSC1C. The molecule has 0 aromatic carbocycles. The standard InChI is InChI=1S/C12H23NS2/c1-9-10(6-4-8-15-9)13-11-5-3-7-12(11)14-2/h9-13H,3-8H2,1-2H3. The largest absolute Gasteiger partial charge is 0.309 e. The van der Waals surface area contributed by atoms with E-state index in [9.17, 15) is 0 Å². The van der Waals surface area contributed by atoms with Crippen LogP contribution >= 0.6 is 23.5 Å². The summed E-state index contributed by atoms with van der Waals surface area (Å²) in [7, 11) is 0. The first-order valence-electron chi connectivity index (χ1n) is 6.21. The van der Waals surface area contributed by atoms with Crippen LogP contribution in [0.25, 0.3) is 0 Å². The minimum atomic E-state index is 0.779. The number of hydrogen-bond acceptors (Lipinski definition) is 3. The summed E-state index contributed by atoms with van der Waals surface area (Å²) in [5, 5.41) is 5.63. The molecule has 0 bridgehead atoms. The predicted octanol–water partition coefficient (Wildman–Crippen LogP) is 3.14. The van der Waals surface area contributed by atoms with Crippen molar-refractivity contribution in [1.29, 1.82) is 0 Å². The van der Waals surface area contributed by atoms with E-state index in [1.165, 1.54) is 37.9 Å². The van der Waals surface area contributed by atoms with E-state index in [2.05, 4.69) is 42.0 Å². The first-order chi connectivity index (χ1) is 7.31. The normalized spacial score (nSPS) is 42.0. The van der Waals surface area contributed by atoms with E-state index in [1.807, 2.05) is 0 Å². The number of hydrogen-bond donors (Lipinski definition) is 1. The Morgan fingerprint density at radius 2 is 1.93 bits per heavy atom. The van der Waals surface area contributed by atoms with E-state index in [1.54, 1.807) is 0 Å². The summed E-state index contributed by atoms with van der Waals surface area (Å²) in [4.78, 5) is 0. The zero-order valence-electron chi connectivity index (χ0n) is 9.87. The molecule has 0 aromatic heterocycles. The summed E-state index contributed by atoms with van der Waals surface area (Å²) < 4.78 is 0. The van der Waals surface area contributed by atoms with Crippen LogP contribution in [0.4, 0.5) is 0 Å². The molecule has 1 nitrogen and oxygen atoms in total. The van der Waals surface area contributed by atoms with Gasteiger partial charge in [0.1, 0.15) is 0 Å². The third-order valence-electron chi connectivity index (χ3n) is 3.79. The van der Waals surface area contributed by atoms with Crippen LogP contribution in [0.15, 0.2) is 0 Å². The third-order valence-corrected chi connectivity index (χ3v) is 6.34. The van der Waals surface area contributed by atoms with Gasteiger partial charge in [-0.05, 0) is 37.7 Å². The van der Waals surface area contributed by atoms with Crippen molar-refractivity contribution < 1.29 is 0 Å². The van der Waals surface area contributed by atoms with Gasteiger partial charge in [-0.15, -0.1) is 0 Å². The van der Waals surface area contributed by atoms with Crippen LogP contribution in [0.2, 0.25) is 0 Å². The van der Waals surface area contributed by atoms with Crippen LogP contribution in [0, 0.1) is 0 Å². The summed E-state index contributed by atoms with van der Waals surface area (Å²) in [6, 6.07) is 1.58. The van der Waals surface area contributed by atoms with E-state index in [4.69, 9.17) is 0 Å². The highest BCUT2D eigenvalue weighted by molar-refractivity contribution is 8.00. The highest BCUT2D eigenvalue weighted by Gasteiger charge is 2.30. The Kier molecular flexibility index (Phi) is 4.71. The van der Waals surface area contributed by atoms with Crippen molar-refractivity contribution in [2.75, 3.05) is 12.0 Å². The second-order valence-electron chi connectivity index (χ2n) is 4.80. The lowest BCUT2D eigenvalue weighted by Gasteiger charge is -2.33. The number of rotatable bonds is 3. The van der Waals surface area contributed by atoms with Crippen LogP contribution in [-0.4, -0.2) is 34.6 Å². The second-order valence-corrected chi connectivity index (χ2v) is 7.36. The molecule has 1 aliphatic carbocycles. The first kappa shape index (κ1) is 12.1. The van der Waals surface area contributed by atoms with Crippen molar-refractivity contribution in [3.63, 3.8) is 0 Å². The lowest BCUT2D eigenvalue weighted by atomic mass is 10.1. The monoisotopic (exact) mass is 245 g/mol. The molecular weight excluding hydrogens is 222 g/mol. The summed E-state index contributed by atoms with van der Waals surface area (Å²) in [5.41, 5.74) is 0. The predicted molar refractivity (Wildman–Crippen MR) is 73.0 cm³/mol. The number of thioether (sulfide) groups is 2. The molecule has 1 aliphatic heterocycles. The highest BCUT2D eigenvalue weighted by Crippen LogP contribution is 2.31. The molecule has 0 radical (unpaired) electrons. The van der Waals surface area contributed by atoms with Crippen molar-refractivity contribution in [1.82, 2.24) is 5.32 Å². The Balaban J connectivity index is 1.84. The van der Waals surface area contributed by atoms with Crippen molar-refractivity contribution in [3.8, 4) is 0 Å². The topological polar surface area (TPSA) is 12.0 Å². The molecule has 2 fully saturated rings.